The number of methoxy groups -OCH3 is 1. The van der Waals surface area contributed by atoms with Crippen LogP contribution in [0.2, 0.25) is 0 Å². The lowest BCUT2D eigenvalue weighted by Gasteiger charge is -2.23. The highest BCUT2D eigenvalue weighted by Gasteiger charge is 2.46. The first-order valence-corrected chi connectivity index (χ1v) is 13.9. The summed E-state index contributed by atoms with van der Waals surface area (Å²) in [6.07, 6.45) is -1.54. The van der Waals surface area contributed by atoms with Crippen LogP contribution < -0.4 is 21.0 Å². The zero-order valence-electron chi connectivity index (χ0n) is 21.6. The number of ether oxygens (including phenoxy) is 3. The van der Waals surface area contributed by atoms with Crippen LogP contribution in [0, 0.1) is 5.92 Å². The van der Waals surface area contributed by atoms with E-state index in [1.165, 1.54) is 19.4 Å². The molecule has 1 aliphatic heterocycles. The number of carbonyl (C=O) groups excluding carboxylic acids is 1. The number of nitrogens with zero attached hydrogens (tertiary/aromatic N) is 2. The van der Waals surface area contributed by atoms with Crippen molar-refractivity contribution in [3.63, 3.8) is 0 Å². The Hall–Kier alpha value is -2.80. The molecule has 4 N–H and O–H groups in total. The molecule has 5 atom stereocenters. The van der Waals surface area contributed by atoms with Crippen LogP contribution in [0.3, 0.4) is 0 Å². The molecule has 1 fully saturated rings. The van der Waals surface area contributed by atoms with Crippen LogP contribution in [0.1, 0.15) is 32.9 Å². The van der Waals surface area contributed by atoms with Crippen LogP contribution in [0.25, 0.3) is 0 Å². The first-order chi connectivity index (χ1) is 18.2. The number of rotatable bonds is 14. The number of nitrogens with two attached hydrogens (primary N) is 1. The molecule has 1 saturated heterocycles. The second-order valence-electron chi connectivity index (χ2n) is 8.58. The van der Waals surface area contributed by atoms with Gasteiger partial charge in [0.05, 0.1) is 12.5 Å². The Morgan fingerprint density at radius 2 is 1.97 bits per heavy atom. The number of esters is 1. The molecule has 0 amide bonds. The Balaban J connectivity index is 1.68. The van der Waals surface area contributed by atoms with Crippen LogP contribution in [-0.4, -0.2) is 65.8 Å². The SMILES string of the molecule is CCC(CC)C(=O)OCCNP(=O)(OC[C@H]1O[C@@H](n2ccc(N)nc2=O)C(OC)C1O)Oc1ccccc1. The van der Waals surface area contributed by atoms with Crippen LogP contribution in [0.4, 0.5) is 5.82 Å². The number of aliphatic hydroxyl groups excluding tert-OH is 1. The van der Waals surface area contributed by atoms with Gasteiger partial charge in [-0.1, -0.05) is 32.0 Å². The number of benzene rings is 1. The molecule has 0 bridgehead atoms. The van der Waals surface area contributed by atoms with Crippen molar-refractivity contribution in [2.75, 3.05) is 32.6 Å². The van der Waals surface area contributed by atoms with Crippen molar-refractivity contribution in [3.8, 4) is 5.75 Å². The topological polar surface area (TPSA) is 173 Å². The number of para-hydroxylation sites is 1. The van der Waals surface area contributed by atoms with E-state index in [4.69, 9.17) is 29.0 Å². The Morgan fingerprint density at radius 3 is 2.61 bits per heavy atom. The predicted molar refractivity (Wildman–Crippen MR) is 137 cm³/mol. The molecule has 1 aliphatic rings. The van der Waals surface area contributed by atoms with Crippen LogP contribution in [0.15, 0.2) is 47.4 Å². The second kappa shape index (κ2) is 13.8. The molecule has 0 spiro atoms. The average molecular weight is 555 g/mol. The Morgan fingerprint density at radius 1 is 1.26 bits per heavy atom. The largest absolute Gasteiger partial charge is 0.464 e. The van der Waals surface area contributed by atoms with Gasteiger partial charge in [0.2, 0.25) is 0 Å². The molecule has 2 aromatic rings. The normalized spacial score (nSPS) is 22.8. The first-order valence-electron chi connectivity index (χ1n) is 12.3. The third-order valence-electron chi connectivity index (χ3n) is 6.06. The van der Waals surface area contributed by atoms with Gasteiger partial charge >= 0.3 is 19.4 Å². The van der Waals surface area contributed by atoms with E-state index in [1.807, 2.05) is 13.8 Å². The van der Waals surface area contributed by atoms with Gasteiger partial charge in [-0.3, -0.25) is 13.9 Å². The van der Waals surface area contributed by atoms with Gasteiger partial charge in [0.15, 0.2) is 6.23 Å². The molecule has 2 heterocycles. The minimum absolute atomic E-state index is 0.0140. The summed E-state index contributed by atoms with van der Waals surface area (Å²) in [5.41, 5.74) is 4.87. The number of hydrogen-bond donors (Lipinski definition) is 3. The van der Waals surface area contributed by atoms with Crippen LogP contribution in [0.5, 0.6) is 5.75 Å². The molecule has 13 nitrogen and oxygen atoms in total. The van der Waals surface area contributed by atoms with Gasteiger partial charge in [0.1, 0.15) is 36.5 Å². The zero-order chi connectivity index (χ0) is 27.7. The smallest absolute Gasteiger partial charge is 0.458 e. The summed E-state index contributed by atoms with van der Waals surface area (Å²) in [6, 6.07) is 9.79. The minimum Gasteiger partial charge on any atom is -0.464 e. The van der Waals surface area contributed by atoms with Crippen LogP contribution in [-0.2, 0) is 28.1 Å². The number of nitrogen functional groups attached to an aromatic ring is 1. The third kappa shape index (κ3) is 7.62. The molecule has 14 heteroatoms. The van der Waals surface area contributed by atoms with Crippen molar-refractivity contribution < 1.29 is 37.7 Å². The van der Waals surface area contributed by atoms with E-state index in [0.717, 1.165) is 4.57 Å². The van der Waals surface area contributed by atoms with Crippen molar-refractivity contribution in [2.24, 2.45) is 5.92 Å². The van der Waals surface area contributed by atoms with Crippen molar-refractivity contribution in [1.82, 2.24) is 14.6 Å². The fourth-order valence-corrected chi connectivity index (χ4v) is 5.24. The monoisotopic (exact) mass is 554 g/mol. The van der Waals surface area contributed by atoms with Gasteiger partial charge in [-0.05, 0) is 31.0 Å². The predicted octanol–water partition coefficient (Wildman–Crippen LogP) is 1.87. The summed E-state index contributed by atoms with van der Waals surface area (Å²) in [4.78, 5) is 28.1. The summed E-state index contributed by atoms with van der Waals surface area (Å²) in [7, 11) is -2.67. The average Bonchev–Trinajstić information content (AvgIpc) is 3.21. The molecule has 3 unspecified atom stereocenters. The zero-order valence-corrected chi connectivity index (χ0v) is 22.5. The lowest BCUT2D eigenvalue weighted by Crippen LogP contribution is -2.37. The second-order valence-corrected chi connectivity index (χ2v) is 10.3. The standard InChI is InChI=1S/C24H35N4O9P/c1-4-16(5-2)23(30)34-14-12-26-38(32,37-17-9-7-6-8-10-17)35-15-18-20(29)21(33-3)22(36-18)28-13-11-19(25)27-24(28)31/h6-11,13,16,18,20-22,29H,4-5,12,14-15H2,1-3H3,(H,26,32)(H2,25,27,31)/t18-,20?,21?,22-,38?/m1/s1. The third-order valence-corrected chi connectivity index (χ3v) is 7.61. The number of aromatic nitrogens is 2. The highest BCUT2D eigenvalue weighted by Crippen LogP contribution is 2.45. The number of aliphatic hydroxyl groups is 1. The summed E-state index contributed by atoms with van der Waals surface area (Å²) in [6.45, 7) is 3.37. The molecule has 3 rings (SSSR count). The lowest BCUT2D eigenvalue weighted by molar-refractivity contribution is -0.148. The van der Waals surface area contributed by atoms with Crippen molar-refractivity contribution in [2.45, 2.75) is 51.2 Å². The van der Waals surface area contributed by atoms with E-state index >= 15 is 0 Å². The Bertz CT molecular complexity index is 1150. The highest BCUT2D eigenvalue weighted by atomic mass is 31.2. The van der Waals surface area contributed by atoms with Crippen molar-refractivity contribution in [3.05, 3.63) is 53.1 Å². The van der Waals surface area contributed by atoms with E-state index in [0.29, 0.717) is 12.8 Å². The summed E-state index contributed by atoms with van der Waals surface area (Å²) in [5, 5.41) is 13.5. The van der Waals surface area contributed by atoms with Gasteiger partial charge in [0.25, 0.3) is 0 Å². The van der Waals surface area contributed by atoms with E-state index in [1.54, 1.807) is 30.3 Å². The number of hydrogen-bond acceptors (Lipinski definition) is 11. The van der Waals surface area contributed by atoms with E-state index < -0.39 is 38.0 Å². The maximum absolute atomic E-state index is 13.6. The number of anilines is 1. The number of carbonyl (C=O) groups is 1. The fraction of sp³-hybridized carbons (Fsp3) is 0.542. The van der Waals surface area contributed by atoms with Crippen molar-refractivity contribution in [1.29, 1.82) is 0 Å². The Kier molecular flexibility index (Phi) is 10.8. The molecule has 0 radical (unpaired) electrons. The van der Waals surface area contributed by atoms with E-state index in [-0.39, 0.29) is 43.2 Å². The molecular weight excluding hydrogens is 519 g/mol. The van der Waals surface area contributed by atoms with E-state index in [9.17, 15) is 19.3 Å². The minimum atomic E-state index is -4.02. The number of nitrogens with one attached hydrogen (secondary N) is 1. The van der Waals surface area contributed by atoms with Gasteiger partial charge in [-0.15, -0.1) is 0 Å². The molecule has 1 aromatic heterocycles. The summed E-state index contributed by atoms with van der Waals surface area (Å²) in [5.74, 6) is -0.222. The molecule has 38 heavy (non-hydrogen) atoms. The lowest BCUT2D eigenvalue weighted by atomic mass is 10.0. The molecule has 0 aliphatic carbocycles. The fourth-order valence-electron chi connectivity index (χ4n) is 3.92. The maximum atomic E-state index is 13.6. The molecule has 1 aromatic carbocycles. The van der Waals surface area contributed by atoms with Gasteiger partial charge < -0.3 is 29.6 Å². The molecular formula is C24H35N4O9P. The molecule has 0 saturated carbocycles. The van der Waals surface area contributed by atoms with Gasteiger partial charge in [-0.25, -0.2) is 14.4 Å². The van der Waals surface area contributed by atoms with Gasteiger partial charge in [-0.2, -0.15) is 4.98 Å². The quantitative estimate of drug-likeness (QED) is 0.176. The van der Waals surface area contributed by atoms with Crippen molar-refractivity contribution >= 4 is 19.5 Å². The van der Waals surface area contributed by atoms with E-state index in [2.05, 4.69) is 10.1 Å². The maximum Gasteiger partial charge on any atom is 0.458 e. The van der Waals surface area contributed by atoms with Crippen LogP contribution >= 0.6 is 7.75 Å². The molecule has 210 valence electrons. The summed E-state index contributed by atoms with van der Waals surface area (Å²) >= 11 is 0. The highest BCUT2D eigenvalue weighted by molar-refractivity contribution is 7.52. The Labute approximate surface area is 220 Å². The first kappa shape index (κ1) is 29.8. The summed E-state index contributed by atoms with van der Waals surface area (Å²) < 4.78 is 42.5. The van der Waals surface area contributed by atoms with Gasteiger partial charge in [0, 0.05) is 19.9 Å².